The van der Waals surface area contributed by atoms with Gasteiger partial charge in [0.25, 0.3) is 0 Å². The van der Waals surface area contributed by atoms with E-state index in [4.69, 9.17) is 28.3 Å². The summed E-state index contributed by atoms with van der Waals surface area (Å²) >= 11 is 12.0. The number of carbonyl (C=O) groups is 3. The third-order valence-electron chi connectivity index (χ3n) is 3.80. The van der Waals surface area contributed by atoms with Gasteiger partial charge in [-0.25, -0.2) is 4.79 Å². The fourth-order valence-corrected chi connectivity index (χ4v) is 2.84. The molecule has 1 unspecified atom stereocenters. The molecule has 8 heteroatoms. The highest BCUT2D eigenvalue weighted by atomic mass is 35.5. The van der Waals surface area contributed by atoms with Gasteiger partial charge < -0.3 is 15.7 Å². The van der Waals surface area contributed by atoms with Gasteiger partial charge in [-0.2, -0.15) is 0 Å². The van der Waals surface area contributed by atoms with E-state index < -0.39 is 18.0 Å². The van der Waals surface area contributed by atoms with Crippen LogP contribution in [0.1, 0.15) is 29.8 Å². The zero-order valence-electron chi connectivity index (χ0n) is 14.6. The zero-order chi connectivity index (χ0) is 20.1. The number of nitrogens with one attached hydrogen (secondary N) is 2. The molecule has 0 spiro atoms. The molecular formula is C19H18Cl2N2O4. The van der Waals surface area contributed by atoms with Gasteiger partial charge in [-0.15, -0.1) is 0 Å². The SMILES string of the molecule is CC(C)C(NC(=O)O)C(=O)Nc1ccc(Cl)cc1C(=O)c1cccc(Cl)c1. The van der Waals surface area contributed by atoms with Gasteiger partial charge in [-0.1, -0.05) is 49.2 Å². The lowest BCUT2D eigenvalue weighted by Gasteiger charge is -2.21. The summed E-state index contributed by atoms with van der Waals surface area (Å²) in [6.45, 7) is 3.42. The maximum absolute atomic E-state index is 12.9. The number of ketones is 1. The van der Waals surface area contributed by atoms with Crippen LogP contribution < -0.4 is 10.6 Å². The van der Waals surface area contributed by atoms with Crippen LogP contribution in [0.2, 0.25) is 10.0 Å². The van der Waals surface area contributed by atoms with Gasteiger partial charge in [0.2, 0.25) is 5.91 Å². The van der Waals surface area contributed by atoms with Gasteiger partial charge in [0.1, 0.15) is 6.04 Å². The summed E-state index contributed by atoms with van der Waals surface area (Å²) in [5.41, 5.74) is 0.743. The van der Waals surface area contributed by atoms with Gasteiger partial charge >= 0.3 is 6.09 Å². The summed E-state index contributed by atoms with van der Waals surface area (Å²) in [5, 5.41) is 14.4. The van der Waals surface area contributed by atoms with Gasteiger partial charge in [-0.05, 0) is 36.2 Å². The van der Waals surface area contributed by atoms with Crippen LogP contribution in [0.5, 0.6) is 0 Å². The Morgan fingerprint density at radius 1 is 1.00 bits per heavy atom. The molecule has 0 aliphatic carbocycles. The molecule has 0 saturated heterocycles. The maximum atomic E-state index is 12.9. The lowest BCUT2D eigenvalue weighted by Crippen LogP contribution is -2.46. The smallest absolute Gasteiger partial charge is 0.405 e. The highest BCUT2D eigenvalue weighted by Crippen LogP contribution is 2.25. The Balaban J connectivity index is 2.36. The first-order valence-corrected chi connectivity index (χ1v) is 8.84. The van der Waals surface area contributed by atoms with Crippen LogP contribution in [-0.2, 0) is 4.79 Å². The Morgan fingerprint density at radius 2 is 1.67 bits per heavy atom. The van der Waals surface area contributed by atoms with Crippen molar-refractivity contribution in [2.24, 2.45) is 5.92 Å². The minimum absolute atomic E-state index is 0.177. The zero-order valence-corrected chi connectivity index (χ0v) is 16.1. The summed E-state index contributed by atoms with van der Waals surface area (Å²) in [5.74, 6) is -1.24. The summed E-state index contributed by atoms with van der Waals surface area (Å²) in [6, 6.07) is 9.88. The van der Waals surface area contributed by atoms with Crippen molar-refractivity contribution in [1.29, 1.82) is 0 Å². The van der Waals surface area contributed by atoms with Crippen molar-refractivity contribution in [3.63, 3.8) is 0 Å². The van der Waals surface area contributed by atoms with E-state index in [2.05, 4.69) is 10.6 Å². The molecule has 142 valence electrons. The Kier molecular flexibility index (Phi) is 6.82. The Bertz CT molecular complexity index is 884. The van der Waals surface area contributed by atoms with E-state index in [9.17, 15) is 14.4 Å². The molecule has 0 radical (unpaired) electrons. The Morgan fingerprint density at radius 3 is 2.26 bits per heavy atom. The van der Waals surface area contributed by atoms with E-state index in [1.807, 2.05) is 0 Å². The highest BCUT2D eigenvalue weighted by Gasteiger charge is 2.25. The molecule has 1 atom stereocenters. The lowest BCUT2D eigenvalue weighted by atomic mass is 10.00. The number of benzene rings is 2. The minimum atomic E-state index is -1.31. The molecule has 0 aromatic heterocycles. The van der Waals surface area contributed by atoms with Crippen LogP contribution in [-0.4, -0.2) is 28.9 Å². The van der Waals surface area contributed by atoms with E-state index in [1.54, 1.807) is 32.0 Å². The minimum Gasteiger partial charge on any atom is -0.465 e. The van der Waals surface area contributed by atoms with Crippen LogP contribution in [0.4, 0.5) is 10.5 Å². The van der Waals surface area contributed by atoms with Gasteiger partial charge in [0.15, 0.2) is 5.78 Å². The van der Waals surface area contributed by atoms with E-state index >= 15 is 0 Å². The topological polar surface area (TPSA) is 95.5 Å². The first kappa shape index (κ1) is 20.7. The van der Waals surface area contributed by atoms with Crippen LogP contribution >= 0.6 is 23.2 Å². The van der Waals surface area contributed by atoms with E-state index in [0.29, 0.717) is 15.6 Å². The molecule has 0 fully saturated rings. The first-order chi connectivity index (χ1) is 12.7. The number of amides is 2. The predicted octanol–water partition coefficient (Wildman–Crippen LogP) is 4.46. The number of carbonyl (C=O) groups excluding carboxylic acids is 2. The normalized spacial score (nSPS) is 11.7. The summed E-state index contributed by atoms with van der Waals surface area (Å²) in [7, 11) is 0. The molecule has 2 amide bonds. The van der Waals surface area contributed by atoms with E-state index in [0.717, 1.165) is 0 Å². The number of hydrogen-bond acceptors (Lipinski definition) is 3. The molecule has 2 aromatic carbocycles. The summed E-state index contributed by atoms with van der Waals surface area (Å²) in [4.78, 5) is 36.3. The molecule has 0 aliphatic heterocycles. The molecule has 2 rings (SSSR count). The van der Waals surface area contributed by atoms with E-state index in [1.165, 1.54) is 24.3 Å². The fourth-order valence-electron chi connectivity index (χ4n) is 2.48. The van der Waals surface area contributed by atoms with Crippen LogP contribution in [0, 0.1) is 5.92 Å². The Hall–Kier alpha value is -2.57. The monoisotopic (exact) mass is 408 g/mol. The molecule has 0 heterocycles. The average molecular weight is 409 g/mol. The van der Waals surface area contributed by atoms with E-state index in [-0.39, 0.29) is 23.0 Å². The second-order valence-corrected chi connectivity index (χ2v) is 7.06. The largest absolute Gasteiger partial charge is 0.465 e. The maximum Gasteiger partial charge on any atom is 0.405 e. The number of carboxylic acid groups (broad SMARTS) is 1. The number of halogens is 2. The van der Waals surface area contributed by atoms with Crippen molar-refractivity contribution >= 4 is 46.7 Å². The molecular weight excluding hydrogens is 391 g/mol. The Labute approximate surface area is 166 Å². The molecule has 0 saturated carbocycles. The van der Waals surface area contributed by atoms with Crippen molar-refractivity contribution in [2.75, 3.05) is 5.32 Å². The molecule has 6 nitrogen and oxygen atoms in total. The second kappa shape index (κ2) is 8.88. The van der Waals surface area contributed by atoms with Gasteiger partial charge in [0.05, 0.1) is 5.69 Å². The molecule has 0 aliphatic rings. The van der Waals surface area contributed by atoms with Crippen molar-refractivity contribution in [3.05, 3.63) is 63.6 Å². The summed E-state index contributed by atoms with van der Waals surface area (Å²) < 4.78 is 0. The second-order valence-electron chi connectivity index (χ2n) is 6.19. The van der Waals surface area contributed by atoms with Crippen LogP contribution in [0.3, 0.4) is 0 Å². The predicted molar refractivity (Wildman–Crippen MR) is 105 cm³/mol. The van der Waals surface area contributed by atoms with Crippen molar-refractivity contribution in [1.82, 2.24) is 5.32 Å². The quantitative estimate of drug-likeness (QED) is 0.614. The van der Waals surface area contributed by atoms with Crippen LogP contribution in [0.15, 0.2) is 42.5 Å². The van der Waals surface area contributed by atoms with Crippen molar-refractivity contribution in [2.45, 2.75) is 19.9 Å². The number of rotatable bonds is 6. The number of anilines is 1. The standard InChI is InChI=1S/C19H18Cl2N2O4/c1-10(2)16(23-19(26)27)18(25)22-15-7-6-13(21)9-14(15)17(24)11-4-3-5-12(20)8-11/h3-10,16,23H,1-2H3,(H,22,25)(H,26,27). The average Bonchev–Trinajstić information content (AvgIpc) is 2.60. The molecule has 0 bridgehead atoms. The van der Waals surface area contributed by atoms with Gasteiger partial charge in [0, 0.05) is 21.2 Å². The van der Waals surface area contributed by atoms with Crippen molar-refractivity contribution in [3.8, 4) is 0 Å². The van der Waals surface area contributed by atoms with Crippen molar-refractivity contribution < 1.29 is 19.5 Å². The molecule has 3 N–H and O–H groups in total. The third-order valence-corrected chi connectivity index (χ3v) is 4.27. The van der Waals surface area contributed by atoms with Crippen LogP contribution in [0.25, 0.3) is 0 Å². The first-order valence-electron chi connectivity index (χ1n) is 8.09. The molecule has 2 aromatic rings. The van der Waals surface area contributed by atoms with Gasteiger partial charge in [-0.3, -0.25) is 9.59 Å². The third kappa shape index (κ3) is 5.45. The fraction of sp³-hybridized carbons (Fsp3) is 0.211. The lowest BCUT2D eigenvalue weighted by molar-refractivity contribution is -0.119. The number of hydrogen-bond donors (Lipinski definition) is 3. The highest BCUT2D eigenvalue weighted by molar-refractivity contribution is 6.32. The molecule has 27 heavy (non-hydrogen) atoms. The summed E-state index contributed by atoms with van der Waals surface area (Å²) in [6.07, 6.45) is -1.31.